The molecule has 0 radical (unpaired) electrons. The highest BCUT2D eigenvalue weighted by molar-refractivity contribution is 14.0. The molecule has 3 N–H and O–H groups in total. The third-order valence-electron chi connectivity index (χ3n) is 5.18. The van der Waals surface area contributed by atoms with Gasteiger partial charge in [-0.15, -0.1) is 24.0 Å². The first kappa shape index (κ1) is 19.5. The van der Waals surface area contributed by atoms with Crippen LogP contribution in [0.25, 0.3) is 0 Å². The van der Waals surface area contributed by atoms with Crippen LogP contribution in [0.3, 0.4) is 0 Å². The van der Waals surface area contributed by atoms with Crippen LogP contribution in [0.4, 0.5) is 5.69 Å². The molecule has 0 aromatic heterocycles. The topological polar surface area (TPSA) is 59.6 Å². The number of nitrogens with zero attached hydrogens (tertiary/aromatic N) is 1. The molecule has 0 atom stereocenters. The van der Waals surface area contributed by atoms with Crippen molar-refractivity contribution in [3.63, 3.8) is 0 Å². The molecule has 0 aliphatic heterocycles. The summed E-state index contributed by atoms with van der Waals surface area (Å²) in [4.78, 5) is 4.61. The highest BCUT2D eigenvalue weighted by Gasteiger charge is 2.41. The van der Waals surface area contributed by atoms with E-state index in [4.69, 9.17) is 10.5 Å². The first-order valence-electron chi connectivity index (χ1n) is 8.98. The van der Waals surface area contributed by atoms with Gasteiger partial charge in [-0.05, 0) is 74.5 Å². The molecule has 0 heterocycles. The maximum absolute atomic E-state index is 6.14. The van der Waals surface area contributed by atoms with E-state index in [1.165, 1.54) is 43.2 Å². The van der Waals surface area contributed by atoms with E-state index in [1.807, 2.05) is 6.92 Å². The van der Waals surface area contributed by atoms with Gasteiger partial charge in [0.1, 0.15) is 0 Å². The number of fused-ring (bicyclic) bond motifs is 1. The molecule has 0 saturated heterocycles. The molecule has 1 aromatic carbocycles. The Balaban J connectivity index is 0.00000208. The summed E-state index contributed by atoms with van der Waals surface area (Å²) >= 11 is 0. The summed E-state index contributed by atoms with van der Waals surface area (Å²) in [5.74, 6) is 0.548. The van der Waals surface area contributed by atoms with Gasteiger partial charge >= 0.3 is 0 Å². The minimum Gasteiger partial charge on any atom is -0.382 e. The van der Waals surface area contributed by atoms with Gasteiger partial charge in [0, 0.05) is 25.4 Å². The Bertz CT molecular complexity index is 570. The van der Waals surface area contributed by atoms with Gasteiger partial charge in [0.15, 0.2) is 5.96 Å². The fourth-order valence-corrected chi connectivity index (χ4v) is 3.43. The van der Waals surface area contributed by atoms with Crippen LogP contribution < -0.4 is 11.1 Å². The van der Waals surface area contributed by atoms with Gasteiger partial charge in [0.05, 0.1) is 0 Å². The number of ether oxygens (including phenoxy) is 1. The average Bonchev–Trinajstić information content (AvgIpc) is 3.34. The number of rotatable bonds is 7. The predicted molar refractivity (Wildman–Crippen MR) is 111 cm³/mol. The van der Waals surface area contributed by atoms with E-state index in [1.54, 1.807) is 0 Å². The number of nitrogens with one attached hydrogen (secondary N) is 1. The monoisotopic (exact) mass is 443 g/mol. The lowest BCUT2D eigenvalue weighted by Crippen LogP contribution is -2.25. The van der Waals surface area contributed by atoms with Crippen molar-refractivity contribution in [3.05, 3.63) is 29.3 Å². The second-order valence-electron chi connectivity index (χ2n) is 6.92. The Morgan fingerprint density at radius 2 is 2.08 bits per heavy atom. The summed E-state index contributed by atoms with van der Waals surface area (Å²) in [5, 5.41) is 3.33. The van der Waals surface area contributed by atoms with Crippen molar-refractivity contribution in [2.75, 3.05) is 25.1 Å². The van der Waals surface area contributed by atoms with Crippen molar-refractivity contribution in [2.24, 2.45) is 16.1 Å². The van der Waals surface area contributed by atoms with E-state index in [0.717, 1.165) is 38.3 Å². The molecule has 0 spiro atoms. The average molecular weight is 443 g/mol. The van der Waals surface area contributed by atoms with Crippen molar-refractivity contribution in [1.82, 2.24) is 0 Å². The number of hydrogen-bond acceptors (Lipinski definition) is 2. The summed E-state index contributed by atoms with van der Waals surface area (Å²) in [5.41, 5.74) is 10.5. The molecule has 1 aromatic rings. The van der Waals surface area contributed by atoms with Gasteiger partial charge in [-0.3, -0.25) is 4.99 Å². The first-order valence-corrected chi connectivity index (χ1v) is 8.98. The molecule has 2 aliphatic rings. The minimum atomic E-state index is 0. The molecule has 4 nitrogen and oxygen atoms in total. The van der Waals surface area contributed by atoms with Crippen LogP contribution in [0.15, 0.2) is 23.2 Å². The zero-order chi connectivity index (χ0) is 16.1. The van der Waals surface area contributed by atoms with Crippen LogP contribution in [0.1, 0.15) is 50.2 Å². The first-order chi connectivity index (χ1) is 11.2. The zero-order valence-corrected chi connectivity index (χ0v) is 17.0. The van der Waals surface area contributed by atoms with Crippen LogP contribution in [0.2, 0.25) is 0 Å². The van der Waals surface area contributed by atoms with Gasteiger partial charge in [0.2, 0.25) is 0 Å². The number of aliphatic imine (C=N–C) groups is 1. The molecule has 1 fully saturated rings. The number of guanidine groups is 1. The van der Waals surface area contributed by atoms with Crippen LogP contribution in [-0.4, -0.2) is 25.7 Å². The number of benzene rings is 1. The molecule has 134 valence electrons. The van der Waals surface area contributed by atoms with Crippen molar-refractivity contribution in [2.45, 2.75) is 51.9 Å². The van der Waals surface area contributed by atoms with Gasteiger partial charge in [-0.2, -0.15) is 0 Å². The quantitative estimate of drug-likeness (QED) is 0.289. The number of aryl methyl sites for hydroxylation is 1. The van der Waals surface area contributed by atoms with Crippen LogP contribution >= 0.6 is 24.0 Å². The number of hydrogen-bond donors (Lipinski definition) is 2. The van der Waals surface area contributed by atoms with Crippen molar-refractivity contribution >= 4 is 35.6 Å². The molecule has 1 saturated carbocycles. The summed E-state index contributed by atoms with van der Waals surface area (Å²) < 4.78 is 5.48. The van der Waals surface area contributed by atoms with Crippen LogP contribution in [0, 0.1) is 5.41 Å². The van der Waals surface area contributed by atoms with Crippen molar-refractivity contribution < 1.29 is 4.74 Å². The number of anilines is 1. The molecule has 5 heteroatoms. The Kier molecular flexibility index (Phi) is 7.34. The van der Waals surface area contributed by atoms with E-state index < -0.39 is 0 Å². The lowest BCUT2D eigenvalue weighted by Gasteiger charge is -2.20. The standard InChI is InChI=1S/C19H29N3O.HI/c1-2-23-13-12-19(10-11-19)14-21-18(20)22-17-9-5-7-15-6-3-4-8-16(15)17;/h5,7,9H,2-4,6,8,10-14H2,1H3,(H3,20,21,22);1H. The summed E-state index contributed by atoms with van der Waals surface area (Å²) in [6.07, 6.45) is 8.48. The van der Waals surface area contributed by atoms with Gasteiger partial charge < -0.3 is 15.8 Å². The number of halogens is 1. The lowest BCUT2D eigenvalue weighted by atomic mass is 9.90. The largest absolute Gasteiger partial charge is 0.382 e. The minimum absolute atomic E-state index is 0. The molecule has 0 amide bonds. The van der Waals surface area contributed by atoms with Crippen molar-refractivity contribution in [1.29, 1.82) is 0 Å². The molecular formula is C19H30IN3O. The number of nitrogens with two attached hydrogens (primary N) is 1. The van der Waals surface area contributed by atoms with E-state index in [2.05, 4.69) is 28.5 Å². The van der Waals surface area contributed by atoms with Gasteiger partial charge in [-0.25, -0.2) is 0 Å². The molecular weight excluding hydrogens is 413 g/mol. The van der Waals surface area contributed by atoms with E-state index in [9.17, 15) is 0 Å². The van der Waals surface area contributed by atoms with E-state index in [-0.39, 0.29) is 24.0 Å². The Morgan fingerprint density at radius 3 is 2.83 bits per heavy atom. The van der Waals surface area contributed by atoms with Crippen LogP contribution in [0.5, 0.6) is 0 Å². The molecule has 24 heavy (non-hydrogen) atoms. The smallest absolute Gasteiger partial charge is 0.193 e. The Labute approximate surface area is 162 Å². The maximum Gasteiger partial charge on any atom is 0.193 e. The summed E-state index contributed by atoms with van der Waals surface area (Å²) in [7, 11) is 0. The second-order valence-corrected chi connectivity index (χ2v) is 6.92. The molecule has 0 bridgehead atoms. The van der Waals surface area contributed by atoms with Gasteiger partial charge in [-0.1, -0.05) is 12.1 Å². The maximum atomic E-state index is 6.14. The third kappa shape index (κ3) is 5.09. The lowest BCUT2D eigenvalue weighted by molar-refractivity contribution is 0.129. The molecule has 3 rings (SSSR count). The fourth-order valence-electron chi connectivity index (χ4n) is 3.43. The third-order valence-corrected chi connectivity index (χ3v) is 5.18. The highest BCUT2D eigenvalue weighted by atomic mass is 127. The van der Waals surface area contributed by atoms with Crippen molar-refractivity contribution in [3.8, 4) is 0 Å². The zero-order valence-electron chi connectivity index (χ0n) is 14.6. The second kappa shape index (κ2) is 9.04. The molecule has 2 aliphatic carbocycles. The normalized spacial score (nSPS) is 18.5. The van der Waals surface area contributed by atoms with E-state index in [0.29, 0.717) is 11.4 Å². The predicted octanol–water partition coefficient (Wildman–Crippen LogP) is 4.12. The Hall–Kier alpha value is -0.820. The summed E-state index contributed by atoms with van der Waals surface area (Å²) in [6, 6.07) is 6.47. The fraction of sp³-hybridized carbons (Fsp3) is 0.632. The Morgan fingerprint density at radius 1 is 1.29 bits per heavy atom. The van der Waals surface area contributed by atoms with E-state index >= 15 is 0 Å². The van der Waals surface area contributed by atoms with Crippen LogP contribution in [-0.2, 0) is 17.6 Å². The SMILES string of the molecule is CCOCCC1(CN=C(N)Nc2cccc3c2CCCC3)CC1.I. The molecule has 0 unspecified atom stereocenters. The van der Waals surface area contributed by atoms with Gasteiger partial charge in [0.25, 0.3) is 0 Å². The highest BCUT2D eigenvalue weighted by Crippen LogP contribution is 2.49. The summed E-state index contributed by atoms with van der Waals surface area (Å²) in [6.45, 7) is 4.49.